The normalized spacial score (nSPS) is 42.0. The second-order valence-corrected chi connectivity index (χ2v) is 3.72. The van der Waals surface area contributed by atoms with Gasteiger partial charge in [0.2, 0.25) is 0 Å². The number of rotatable bonds is 0. The predicted octanol–water partition coefficient (Wildman–Crippen LogP) is 0.945. The van der Waals surface area contributed by atoms with E-state index in [0.717, 1.165) is 12.2 Å². The fourth-order valence-electron chi connectivity index (χ4n) is 0.495. The van der Waals surface area contributed by atoms with Crippen molar-refractivity contribution in [2.75, 3.05) is 5.75 Å². The van der Waals surface area contributed by atoms with Crippen molar-refractivity contribution in [3.05, 3.63) is 6.42 Å². The van der Waals surface area contributed by atoms with Gasteiger partial charge in [-0.25, -0.2) is 0 Å². The van der Waals surface area contributed by atoms with Crippen LogP contribution in [-0.4, -0.2) is 15.3 Å². The van der Waals surface area contributed by atoms with Crippen LogP contribution in [0.2, 0.25) is 0 Å². The zero-order chi connectivity index (χ0) is 5.33. The molecule has 0 spiro atoms. The molecule has 0 aromatic carbocycles. The van der Waals surface area contributed by atoms with Gasteiger partial charge >= 0.3 is 0 Å². The molecular formula is C4H7ClOS+. The van der Waals surface area contributed by atoms with Crippen molar-refractivity contribution in [3.8, 4) is 0 Å². The van der Waals surface area contributed by atoms with E-state index in [0.29, 0.717) is 0 Å². The molecule has 1 radical (unpaired) electrons. The molecule has 1 rings (SSSR count). The molecule has 3 heteroatoms. The maximum atomic E-state index is 7.18. The molecule has 1 heterocycles. The van der Waals surface area contributed by atoms with E-state index in [1.54, 1.807) is 0 Å². The third kappa shape index (κ3) is 1.52. The highest BCUT2D eigenvalue weighted by Crippen LogP contribution is 2.37. The zero-order valence-electron chi connectivity index (χ0n) is 3.78. The van der Waals surface area contributed by atoms with Crippen LogP contribution in [0.25, 0.3) is 0 Å². The van der Waals surface area contributed by atoms with E-state index in [-0.39, 0.29) is 0 Å². The minimum absolute atomic E-state index is 0.721. The Hall–Kier alpha value is 0.600. The topological polar surface area (TPSA) is 22.9 Å². The molecule has 1 unspecified atom stereocenters. The third-order valence-corrected chi connectivity index (χ3v) is 2.35. The number of halogens is 1. The molecule has 0 amide bonds. The fourth-order valence-corrected chi connectivity index (χ4v) is 1.53. The van der Waals surface area contributed by atoms with Crippen LogP contribution in [-0.2, 0) is 0 Å². The zero-order valence-corrected chi connectivity index (χ0v) is 5.35. The Bertz CT molecular complexity index is 66.1. The van der Waals surface area contributed by atoms with Crippen LogP contribution in [0.1, 0.15) is 6.42 Å². The second-order valence-electron chi connectivity index (χ2n) is 1.53. The van der Waals surface area contributed by atoms with E-state index in [9.17, 15) is 0 Å². The number of alkyl halides is 1. The molecule has 0 aliphatic carbocycles. The van der Waals surface area contributed by atoms with Crippen LogP contribution in [0.3, 0.4) is 0 Å². The van der Waals surface area contributed by atoms with Gasteiger partial charge in [0.1, 0.15) is 0 Å². The van der Waals surface area contributed by atoms with E-state index < -0.39 is 4.39 Å². The number of thioether (sulfide) groups is 1. The summed E-state index contributed by atoms with van der Waals surface area (Å²) in [6.45, 7) is 0. The molecule has 1 atom stereocenters. The van der Waals surface area contributed by atoms with Crippen LogP contribution < -0.4 is 0 Å². The van der Waals surface area contributed by atoms with Gasteiger partial charge in [-0.15, -0.1) is 0 Å². The minimum atomic E-state index is -0.722. The first-order valence-electron chi connectivity index (χ1n) is 2.10. The van der Waals surface area contributed by atoms with Crippen LogP contribution in [0.15, 0.2) is 0 Å². The largest absolute Gasteiger partial charge is 0.421 e. The Balaban J connectivity index is 2.40. The summed E-state index contributed by atoms with van der Waals surface area (Å²) >= 11 is 7.04. The van der Waals surface area contributed by atoms with Crippen LogP contribution >= 0.6 is 23.4 Å². The first-order chi connectivity index (χ1) is 3.21. The molecule has 1 nitrogen and oxygen atoms in total. The van der Waals surface area contributed by atoms with Gasteiger partial charge < -0.3 is 5.11 Å². The lowest BCUT2D eigenvalue weighted by Gasteiger charge is -2.02. The van der Waals surface area contributed by atoms with Crippen molar-refractivity contribution in [3.63, 3.8) is 0 Å². The van der Waals surface area contributed by atoms with Crippen molar-refractivity contribution in [2.45, 2.75) is 10.8 Å². The smallest absolute Gasteiger partial charge is 0.290 e. The molecule has 0 saturated carbocycles. The van der Waals surface area contributed by atoms with Crippen molar-refractivity contribution in [2.24, 2.45) is 0 Å². The molecule has 0 aromatic heterocycles. The van der Waals surface area contributed by atoms with E-state index in [1.807, 2.05) is 6.42 Å². The molecule has 1 aliphatic heterocycles. The van der Waals surface area contributed by atoms with Crippen molar-refractivity contribution in [1.82, 2.24) is 0 Å². The van der Waals surface area contributed by atoms with Crippen molar-refractivity contribution < 1.29 is 5.11 Å². The lowest BCUT2D eigenvalue weighted by molar-refractivity contribution is 0.228. The highest BCUT2D eigenvalue weighted by atomic mass is 35.5. The summed E-state index contributed by atoms with van der Waals surface area (Å²) in [6, 6.07) is 0. The SMILES string of the molecule is [OH2+]C1(Cl)C[CH]CS1. The summed E-state index contributed by atoms with van der Waals surface area (Å²) in [5, 5.41) is 7.18. The molecule has 0 aromatic rings. The molecule has 7 heavy (non-hydrogen) atoms. The molecule has 1 saturated heterocycles. The van der Waals surface area contributed by atoms with Crippen LogP contribution in [0.4, 0.5) is 0 Å². The summed E-state index contributed by atoms with van der Waals surface area (Å²) < 4.78 is -0.722. The first kappa shape index (κ1) is 5.73. The lowest BCUT2D eigenvalue weighted by atomic mass is 10.4. The standard InChI is InChI=1S/C4H6ClOS/c5-4(6)2-1-3-7-4/h1,6H,2-3H2/p+1. The summed E-state index contributed by atoms with van der Waals surface area (Å²) in [5.41, 5.74) is 0. The Morgan fingerprint density at radius 1 is 1.86 bits per heavy atom. The van der Waals surface area contributed by atoms with Gasteiger partial charge in [-0.2, -0.15) is 0 Å². The number of hydrogen-bond donors (Lipinski definition) is 0. The van der Waals surface area contributed by atoms with Gasteiger partial charge in [0.15, 0.2) is 0 Å². The quantitative estimate of drug-likeness (QED) is 0.361. The molecule has 0 bridgehead atoms. The van der Waals surface area contributed by atoms with Gasteiger partial charge in [0.05, 0.1) is 6.42 Å². The third-order valence-electron chi connectivity index (χ3n) is 0.837. The summed E-state index contributed by atoms with van der Waals surface area (Å²) in [4.78, 5) is 0. The maximum Gasteiger partial charge on any atom is 0.290 e. The van der Waals surface area contributed by atoms with Gasteiger partial charge in [-0.05, 0) is 18.0 Å². The first-order valence-corrected chi connectivity index (χ1v) is 3.47. The lowest BCUT2D eigenvalue weighted by Crippen LogP contribution is -2.07. The van der Waals surface area contributed by atoms with Gasteiger partial charge in [0.25, 0.3) is 4.39 Å². The molecule has 41 valence electrons. The van der Waals surface area contributed by atoms with Crippen molar-refractivity contribution in [1.29, 1.82) is 0 Å². The highest BCUT2D eigenvalue weighted by Gasteiger charge is 2.34. The summed E-state index contributed by atoms with van der Waals surface area (Å²) in [7, 11) is 0. The second kappa shape index (κ2) is 1.84. The van der Waals surface area contributed by atoms with Crippen molar-refractivity contribution >= 4 is 23.4 Å². The Morgan fingerprint density at radius 3 is 2.71 bits per heavy atom. The monoisotopic (exact) mass is 138 g/mol. The van der Waals surface area contributed by atoms with Gasteiger partial charge in [-0.3, -0.25) is 0 Å². The van der Waals surface area contributed by atoms with Crippen LogP contribution in [0, 0.1) is 6.42 Å². The van der Waals surface area contributed by atoms with Crippen LogP contribution in [0.5, 0.6) is 0 Å². The van der Waals surface area contributed by atoms with E-state index in [2.05, 4.69) is 0 Å². The number of hydrogen-bond acceptors (Lipinski definition) is 1. The minimum Gasteiger partial charge on any atom is -0.421 e. The summed E-state index contributed by atoms with van der Waals surface area (Å²) in [6.07, 6.45) is 2.75. The Labute approximate surface area is 52.0 Å². The van der Waals surface area contributed by atoms with Gasteiger partial charge in [0, 0.05) is 5.75 Å². The van der Waals surface area contributed by atoms with E-state index >= 15 is 0 Å². The average Bonchev–Trinajstić information content (AvgIpc) is 1.84. The molecule has 1 fully saturated rings. The molecular weight excluding hydrogens is 132 g/mol. The summed E-state index contributed by atoms with van der Waals surface area (Å²) in [5.74, 6) is 0.938. The maximum absolute atomic E-state index is 7.18. The Morgan fingerprint density at radius 2 is 2.57 bits per heavy atom. The predicted molar refractivity (Wildman–Crippen MR) is 33.6 cm³/mol. The molecule has 2 N–H and O–H groups in total. The Kier molecular flexibility index (Phi) is 1.51. The van der Waals surface area contributed by atoms with E-state index in [1.165, 1.54) is 11.8 Å². The van der Waals surface area contributed by atoms with E-state index in [4.69, 9.17) is 16.7 Å². The highest BCUT2D eigenvalue weighted by molar-refractivity contribution is 8.02. The van der Waals surface area contributed by atoms with Gasteiger partial charge in [-0.1, -0.05) is 11.8 Å². The molecule has 1 aliphatic rings. The fraction of sp³-hybridized carbons (Fsp3) is 0.750. The average molecular weight is 139 g/mol.